The summed E-state index contributed by atoms with van der Waals surface area (Å²) >= 11 is 18.2. The topological polar surface area (TPSA) is 86.8 Å². The van der Waals surface area contributed by atoms with Crippen molar-refractivity contribution in [3.63, 3.8) is 0 Å². The molecule has 2 amide bonds. The smallest absolute Gasteiger partial charge is 0.354 e. The first-order chi connectivity index (χ1) is 22.7. The lowest BCUT2D eigenvalue weighted by Gasteiger charge is -2.34. The monoisotopic (exact) mass is 739 g/mol. The molecule has 4 rings (SSSR count). The summed E-state index contributed by atoms with van der Waals surface area (Å²) in [5.41, 5.74) is -0.547. The first-order valence-electron chi connectivity index (χ1n) is 14.7. The van der Waals surface area contributed by atoms with Crippen LogP contribution in [0.15, 0.2) is 102 Å². The first kappa shape index (κ1) is 37.1. The van der Waals surface area contributed by atoms with E-state index in [1.54, 1.807) is 42.5 Å². The highest BCUT2D eigenvalue weighted by atomic mass is 35.5. The molecule has 0 spiro atoms. The number of nitrogens with one attached hydrogen (secondary N) is 1. The molecule has 0 aromatic heterocycles. The Balaban J connectivity index is 1.86. The standard InChI is InChI=1S/C34H31Cl3F3N3O4S/c1-2-17-41-33(45)31(19-23-9-5-3-6-10-23)42(21-24-13-15-29(36)30(37)18-24)32(44)22-43(48(46,47)26-11-7-4-8-12-26)25-14-16-28(35)27(20-25)34(38,39)40/h3-16,18,20,31H,2,17,19,21-22H2,1H3,(H,41,45)/t31-/m0/s1. The van der Waals surface area contributed by atoms with Crippen LogP contribution in [0.25, 0.3) is 0 Å². The van der Waals surface area contributed by atoms with Gasteiger partial charge in [-0.15, -0.1) is 0 Å². The van der Waals surface area contributed by atoms with Gasteiger partial charge in [-0.1, -0.05) is 96.3 Å². The number of carbonyl (C=O) groups excluding carboxylic acids is 2. The van der Waals surface area contributed by atoms with E-state index in [2.05, 4.69) is 5.32 Å². The van der Waals surface area contributed by atoms with Crippen molar-refractivity contribution < 1.29 is 31.2 Å². The van der Waals surface area contributed by atoms with Gasteiger partial charge in [0.05, 0.1) is 31.2 Å². The molecule has 14 heteroatoms. The van der Waals surface area contributed by atoms with Crippen molar-refractivity contribution in [2.24, 2.45) is 0 Å². The molecule has 0 bridgehead atoms. The lowest BCUT2D eigenvalue weighted by Crippen LogP contribution is -2.53. The third-order valence-corrected chi connectivity index (χ3v) is 10.2. The molecule has 0 unspecified atom stereocenters. The number of sulfonamides is 1. The van der Waals surface area contributed by atoms with Gasteiger partial charge in [-0.2, -0.15) is 13.2 Å². The van der Waals surface area contributed by atoms with E-state index in [1.165, 1.54) is 41.3 Å². The summed E-state index contributed by atoms with van der Waals surface area (Å²) in [6.07, 6.45) is -4.27. The molecule has 0 aliphatic carbocycles. The van der Waals surface area contributed by atoms with Crippen molar-refractivity contribution in [2.75, 3.05) is 17.4 Å². The number of alkyl halides is 3. The van der Waals surface area contributed by atoms with Crippen molar-refractivity contribution in [3.8, 4) is 0 Å². The maximum Gasteiger partial charge on any atom is 0.417 e. The van der Waals surface area contributed by atoms with Gasteiger partial charge in [0, 0.05) is 19.5 Å². The molecule has 48 heavy (non-hydrogen) atoms. The molecule has 0 radical (unpaired) electrons. The number of rotatable bonds is 13. The summed E-state index contributed by atoms with van der Waals surface area (Å²) in [7, 11) is -4.63. The number of hydrogen-bond acceptors (Lipinski definition) is 4. The zero-order valence-electron chi connectivity index (χ0n) is 25.6. The zero-order chi connectivity index (χ0) is 35.1. The molecule has 7 nitrogen and oxygen atoms in total. The second-order valence-electron chi connectivity index (χ2n) is 10.8. The molecule has 254 valence electrons. The van der Waals surface area contributed by atoms with Crippen LogP contribution in [0.4, 0.5) is 18.9 Å². The van der Waals surface area contributed by atoms with Crippen LogP contribution < -0.4 is 9.62 Å². The molecule has 0 aliphatic heterocycles. The van der Waals surface area contributed by atoms with Crippen LogP contribution in [-0.4, -0.2) is 44.3 Å². The van der Waals surface area contributed by atoms with E-state index < -0.39 is 56.9 Å². The Morgan fingerprint density at radius 3 is 2.04 bits per heavy atom. The third kappa shape index (κ3) is 9.22. The molecular weight excluding hydrogens is 710 g/mol. The molecule has 1 atom stereocenters. The second-order valence-corrected chi connectivity index (χ2v) is 13.8. The molecule has 0 aliphatic rings. The van der Waals surface area contributed by atoms with Crippen LogP contribution in [-0.2, 0) is 38.8 Å². The number of halogens is 6. The minimum atomic E-state index is -4.92. The number of nitrogens with zero attached hydrogens (tertiary/aromatic N) is 2. The molecule has 0 saturated heterocycles. The van der Waals surface area contributed by atoms with E-state index in [-0.39, 0.29) is 27.9 Å². The molecule has 0 saturated carbocycles. The summed E-state index contributed by atoms with van der Waals surface area (Å²) in [6.45, 7) is 1.00. The number of benzene rings is 4. The molecule has 4 aromatic carbocycles. The molecular formula is C34H31Cl3F3N3O4S. The van der Waals surface area contributed by atoms with E-state index in [1.807, 2.05) is 6.92 Å². The van der Waals surface area contributed by atoms with Gasteiger partial charge in [0.2, 0.25) is 11.8 Å². The van der Waals surface area contributed by atoms with Gasteiger partial charge in [-0.25, -0.2) is 8.42 Å². The van der Waals surface area contributed by atoms with E-state index in [0.29, 0.717) is 34.5 Å². The second kappa shape index (κ2) is 16.1. The minimum absolute atomic E-state index is 0.0497. The van der Waals surface area contributed by atoms with E-state index in [9.17, 15) is 31.2 Å². The highest BCUT2D eigenvalue weighted by Gasteiger charge is 2.37. The van der Waals surface area contributed by atoms with Crippen LogP contribution >= 0.6 is 34.8 Å². The Morgan fingerprint density at radius 1 is 0.812 bits per heavy atom. The Kier molecular flexibility index (Phi) is 12.4. The fourth-order valence-electron chi connectivity index (χ4n) is 4.89. The summed E-state index contributed by atoms with van der Waals surface area (Å²) in [6, 6.07) is 21.9. The summed E-state index contributed by atoms with van der Waals surface area (Å²) in [5.74, 6) is -1.37. The maximum absolute atomic E-state index is 14.5. The first-order valence-corrected chi connectivity index (χ1v) is 17.3. The van der Waals surface area contributed by atoms with E-state index in [0.717, 1.165) is 12.1 Å². The van der Waals surface area contributed by atoms with Gasteiger partial charge in [0.15, 0.2) is 0 Å². The number of anilines is 1. The summed E-state index contributed by atoms with van der Waals surface area (Å²) < 4.78 is 70.4. The molecule has 0 heterocycles. The fraction of sp³-hybridized carbons (Fsp3) is 0.235. The zero-order valence-corrected chi connectivity index (χ0v) is 28.6. The van der Waals surface area contributed by atoms with Crippen LogP contribution in [0.5, 0.6) is 0 Å². The van der Waals surface area contributed by atoms with Gasteiger partial charge in [0.25, 0.3) is 10.0 Å². The van der Waals surface area contributed by atoms with Gasteiger partial charge in [-0.05, 0) is 60.0 Å². The van der Waals surface area contributed by atoms with Gasteiger partial charge < -0.3 is 10.2 Å². The van der Waals surface area contributed by atoms with Crippen molar-refractivity contribution in [1.29, 1.82) is 0 Å². The maximum atomic E-state index is 14.5. The normalized spacial score (nSPS) is 12.3. The summed E-state index contributed by atoms with van der Waals surface area (Å²) in [5, 5.41) is 2.61. The van der Waals surface area contributed by atoms with Gasteiger partial charge in [0.1, 0.15) is 12.6 Å². The fourth-order valence-corrected chi connectivity index (χ4v) is 6.86. The van der Waals surface area contributed by atoms with Crippen LogP contribution in [0, 0.1) is 0 Å². The Morgan fingerprint density at radius 2 is 1.44 bits per heavy atom. The lowest BCUT2D eigenvalue weighted by atomic mass is 10.0. The number of amides is 2. The lowest BCUT2D eigenvalue weighted by molar-refractivity contribution is -0.140. The van der Waals surface area contributed by atoms with Gasteiger partial charge in [-0.3, -0.25) is 13.9 Å². The van der Waals surface area contributed by atoms with Crippen LogP contribution in [0.2, 0.25) is 15.1 Å². The Labute approximate surface area is 292 Å². The Bertz CT molecular complexity index is 1850. The SMILES string of the molecule is CCCNC(=O)[C@H](Cc1ccccc1)N(Cc1ccc(Cl)c(Cl)c1)C(=O)CN(c1ccc(Cl)c(C(F)(F)F)c1)S(=O)(=O)c1ccccc1. The minimum Gasteiger partial charge on any atom is -0.354 e. The largest absolute Gasteiger partial charge is 0.417 e. The predicted molar refractivity (Wildman–Crippen MR) is 182 cm³/mol. The molecule has 1 N–H and O–H groups in total. The number of hydrogen-bond donors (Lipinski definition) is 1. The molecule has 0 fully saturated rings. The Hall–Kier alpha value is -3.77. The average Bonchev–Trinajstić information content (AvgIpc) is 3.06. The highest BCUT2D eigenvalue weighted by molar-refractivity contribution is 7.92. The van der Waals surface area contributed by atoms with Crippen molar-refractivity contribution in [2.45, 2.75) is 43.4 Å². The van der Waals surface area contributed by atoms with E-state index in [4.69, 9.17) is 34.8 Å². The quantitative estimate of drug-likeness (QED) is 0.151. The predicted octanol–water partition coefficient (Wildman–Crippen LogP) is 8.03. The summed E-state index contributed by atoms with van der Waals surface area (Å²) in [4.78, 5) is 29.1. The van der Waals surface area contributed by atoms with Crippen molar-refractivity contribution >= 4 is 62.3 Å². The van der Waals surface area contributed by atoms with Crippen molar-refractivity contribution in [3.05, 3.63) is 129 Å². The van der Waals surface area contributed by atoms with Crippen LogP contribution in [0.3, 0.4) is 0 Å². The number of carbonyl (C=O) groups is 2. The van der Waals surface area contributed by atoms with E-state index >= 15 is 0 Å². The van der Waals surface area contributed by atoms with Crippen LogP contribution in [0.1, 0.15) is 30.0 Å². The average molecular weight is 741 g/mol. The van der Waals surface area contributed by atoms with Crippen molar-refractivity contribution in [1.82, 2.24) is 10.2 Å². The third-order valence-electron chi connectivity index (χ3n) is 7.31. The molecule has 4 aromatic rings. The van der Waals surface area contributed by atoms with Gasteiger partial charge >= 0.3 is 6.18 Å². The highest BCUT2D eigenvalue weighted by Crippen LogP contribution is 2.38.